The summed E-state index contributed by atoms with van der Waals surface area (Å²) in [5.41, 5.74) is 4.31. The summed E-state index contributed by atoms with van der Waals surface area (Å²) in [4.78, 5) is 17.2. The molecule has 25 heavy (non-hydrogen) atoms. The van der Waals surface area contributed by atoms with Gasteiger partial charge in [-0.15, -0.1) is 0 Å². The van der Waals surface area contributed by atoms with Crippen LogP contribution in [-0.2, 0) is 20.5 Å². The first-order valence-corrected chi connectivity index (χ1v) is 8.59. The maximum absolute atomic E-state index is 12.7. The Labute approximate surface area is 147 Å². The Morgan fingerprint density at radius 2 is 2.04 bits per heavy atom. The number of aromatic nitrogens is 4. The molecule has 3 rings (SSSR count). The molecule has 1 atom stereocenters. The third kappa shape index (κ3) is 3.43. The van der Waals surface area contributed by atoms with Gasteiger partial charge in [0, 0.05) is 37.4 Å². The van der Waals surface area contributed by atoms with Crippen LogP contribution >= 0.6 is 0 Å². The molecule has 6 heteroatoms. The van der Waals surface area contributed by atoms with Gasteiger partial charge in [0.2, 0.25) is 0 Å². The summed E-state index contributed by atoms with van der Waals surface area (Å²) < 4.78 is 3.86. The molecule has 0 aromatic carbocycles. The van der Waals surface area contributed by atoms with Crippen LogP contribution in [0.1, 0.15) is 40.8 Å². The van der Waals surface area contributed by atoms with Crippen molar-refractivity contribution in [2.45, 2.75) is 39.7 Å². The van der Waals surface area contributed by atoms with Crippen LogP contribution in [0.25, 0.3) is 11.0 Å². The van der Waals surface area contributed by atoms with Crippen molar-refractivity contribution in [2.24, 2.45) is 14.1 Å². The van der Waals surface area contributed by atoms with Crippen molar-refractivity contribution in [1.82, 2.24) is 24.6 Å². The highest BCUT2D eigenvalue weighted by atomic mass is 16.1. The van der Waals surface area contributed by atoms with E-state index < -0.39 is 0 Å². The van der Waals surface area contributed by atoms with E-state index in [2.05, 4.69) is 26.0 Å². The number of hydrogen-bond donors (Lipinski definition) is 1. The molecule has 1 unspecified atom stereocenters. The molecule has 0 bridgehead atoms. The molecule has 0 spiro atoms. The normalized spacial score (nSPS) is 12.5. The van der Waals surface area contributed by atoms with Gasteiger partial charge in [-0.05, 0) is 51.8 Å². The Balaban J connectivity index is 1.72. The van der Waals surface area contributed by atoms with Crippen LogP contribution in [0.4, 0.5) is 0 Å². The van der Waals surface area contributed by atoms with E-state index in [1.165, 1.54) is 5.69 Å². The number of rotatable bonds is 5. The Bertz CT molecular complexity index is 921. The first-order valence-electron chi connectivity index (χ1n) is 8.59. The van der Waals surface area contributed by atoms with Crippen molar-refractivity contribution >= 4 is 16.9 Å². The van der Waals surface area contributed by atoms with Crippen LogP contribution < -0.4 is 5.32 Å². The number of nitrogens with zero attached hydrogens (tertiary/aromatic N) is 4. The predicted molar refractivity (Wildman–Crippen MR) is 98.6 cm³/mol. The van der Waals surface area contributed by atoms with E-state index in [0.29, 0.717) is 5.56 Å². The molecule has 6 nitrogen and oxygen atoms in total. The zero-order valence-electron chi connectivity index (χ0n) is 15.5. The number of aryl methyl sites for hydroxylation is 5. The molecule has 1 N–H and O–H groups in total. The highest BCUT2D eigenvalue weighted by Crippen LogP contribution is 2.19. The molecule has 0 fully saturated rings. The highest BCUT2D eigenvalue weighted by molar-refractivity contribution is 5.98. The average molecular weight is 339 g/mol. The number of hydrogen-bond acceptors (Lipinski definition) is 3. The zero-order valence-corrected chi connectivity index (χ0v) is 15.5. The van der Waals surface area contributed by atoms with E-state index in [-0.39, 0.29) is 11.9 Å². The fourth-order valence-electron chi connectivity index (χ4n) is 3.16. The molecule has 0 aliphatic rings. The molecule has 0 radical (unpaired) electrons. The fraction of sp³-hybridized carbons (Fsp3) is 0.421. The number of nitrogens with one attached hydrogen (secondary N) is 1. The topological polar surface area (TPSA) is 64.7 Å². The molecule has 0 aliphatic heterocycles. The lowest BCUT2D eigenvalue weighted by Crippen LogP contribution is -2.33. The second kappa shape index (κ2) is 6.70. The van der Waals surface area contributed by atoms with Gasteiger partial charge in [0.05, 0.1) is 17.0 Å². The first-order chi connectivity index (χ1) is 11.9. The molecule has 3 heterocycles. The standard InChI is InChI=1S/C19H25N5O/c1-12(8-9-15-7-6-10-23(15)4)20-19(25)17-11-16-14(3)22-24(5)18(16)21-13(17)2/h6-7,10-12H,8-9H2,1-5H3,(H,20,25). The minimum Gasteiger partial charge on any atom is -0.354 e. The average Bonchev–Trinajstić information content (AvgIpc) is 3.08. The molecule has 3 aromatic rings. The van der Waals surface area contributed by atoms with Gasteiger partial charge in [-0.2, -0.15) is 5.10 Å². The number of carbonyl (C=O) groups excluding carboxylic acids is 1. The van der Waals surface area contributed by atoms with E-state index in [4.69, 9.17) is 0 Å². The largest absolute Gasteiger partial charge is 0.354 e. The predicted octanol–water partition coefficient (Wildman–Crippen LogP) is 2.67. The molecule has 0 saturated heterocycles. The van der Waals surface area contributed by atoms with Crippen molar-refractivity contribution in [3.05, 3.63) is 47.0 Å². The van der Waals surface area contributed by atoms with Crippen molar-refractivity contribution in [3.63, 3.8) is 0 Å². The molecule has 0 aliphatic carbocycles. The van der Waals surface area contributed by atoms with Gasteiger partial charge in [-0.3, -0.25) is 9.48 Å². The van der Waals surface area contributed by atoms with Crippen molar-refractivity contribution in [3.8, 4) is 0 Å². The van der Waals surface area contributed by atoms with Gasteiger partial charge in [-0.25, -0.2) is 4.98 Å². The lowest BCUT2D eigenvalue weighted by molar-refractivity contribution is 0.0937. The highest BCUT2D eigenvalue weighted by Gasteiger charge is 2.17. The van der Waals surface area contributed by atoms with Crippen LogP contribution in [0, 0.1) is 13.8 Å². The minimum absolute atomic E-state index is 0.0745. The lowest BCUT2D eigenvalue weighted by Gasteiger charge is -2.15. The monoisotopic (exact) mass is 339 g/mol. The molecular formula is C19H25N5O. The number of fused-ring (bicyclic) bond motifs is 1. The van der Waals surface area contributed by atoms with Crippen LogP contribution in [0.3, 0.4) is 0 Å². The maximum Gasteiger partial charge on any atom is 0.253 e. The summed E-state index contributed by atoms with van der Waals surface area (Å²) in [6.07, 6.45) is 3.87. The van der Waals surface area contributed by atoms with Gasteiger partial charge in [0.25, 0.3) is 5.91 Å². The third-order valence-corrected chi connectivity index (χ3v) is 4.70. The van der Waals surface area contributed by atoms with E-state index in [1.54, 1.807) is 4.68 Å². The minimum atomic E-state index is -0.0745. The number of amides is 1. The second-order valence-electron chi connectivity index (χ2n) is 6.73. The summed E-state index contributed by atoms with van der Waals surface area (Å²) in [5, 5.41) is 8.40. The van der Waals surface area contributed by atoms with E-state index in [9.17, 15) is 4.79 Å². The van der Waals surface area contributed by atoms with Crippen LogP contribution in [0.5, 0.6) is 0 Å². The Morgan fingerprint density at radius 1 is 1.28 bits per heavy atom. The Kier molecular flexibility index (Phi) is 4.61. The van der Waals surface area contributed by atoms with E-state index in [0.717, 1.165) is 35.3 Å². The summed E-state index contributed by atoms with van der Waals surface area (Å²) in [7, 11) is 3.91. The summed E-state index contributed by atoms with van der Waals surface area (Å²) >= 11 is 0. The quantitative estimate of drug-likeness (QED) is 0.777. The smallest absolute Gasteiger partial charge is 0.253 e. The Morgan fingerprint density at radius 3 is 2.72 bits per heavy atom. The molecule has 3 aromatic heterocycles. The SMILES string of the molecule is Cc1nc2c(cc1C(=O)NC(C)CCc1cccn1C)c(C)nn2C. The van der Waals surface area contributed by atoms with E-state index in [1.807, 2.05) is 53.2 Å². The van der Waals surface area contributed by atoms with Crippen molar-refractivity contribution < 1.29 is 4.79 Å². The van der Waals surface area contributed by atoms with Crippen LogP contribution in [-0.4, -0.2) is 31.3 Å². The zero-order chi connectivity index (χ0) is 18.1. The van der Waals surface area contributed by atoms with Gasteiger partial charge >= 0.3 is 0 Å². The summed E-state index contributed by atoms with van der Waals surface area (Å²) in [6.45, 7) is 5.84. The molecule has 0 saturated carbocycles. The van der Waals surface area contributed by atoms with Gasteiger partial charge in [0.1, 0.15) is 0 Å². The Hall–Kier alpha value is -2.63. The van der Waals surface area contributed by atoms with Crippen molar-refractivity contribution in [2.75, 3.05) is 0 Å². The van der Waals surface area contributed by atoms with Crippen LogP contribution in [0.15, 0.2) is 24.4 Å². The van der Waals surface area contributed by atoms with Gasteiger partial charge < -0.3 is 9.88 Å². The summed E-state index contributed by atoms with van der Waals surface area (Å²) in [6, 6.07) is 6.15. The summed E-state index contributed by atoms with van der Waals surface area (Å²) in [5.74, 6) is -0.0745. The first kappa shape index (κ1) is 17.2. The van der Waals surface area contributed by atoms with E-state index >= 15 is 0 Å². The van der Waals surface area contributed by atoms with Crippen molar-refractivity contribution in [1.29, 1.82) is 0 Å². The van der Waals surface area contributed by atoms with Gasteiger partial charge in [0.15, 0.2) is 5.65 Å². The molecule has 1 amide bonds. The lowest BCUT2D eigenvalue weighted by atomic mass is 10.1. The fourth-order valence-corrected chi connectivity index (χ4v) is 3.16. The number of carbonyl (C=O) groups is 1. The molecular weight excluding hydrogens is 314 g/mol. The van der Waals surface area contributed by atoms with Gasteiger partial charge in [-0.1, -0.05) is 0 Å². The number of pyridine rings is 1. The third-order valence-electron chi connectivity index (χ3n) is 4.70. The second-order valence-corrected chi connectivity index (χ2v) is 6.73. The van der Waals surface area contributed by atoms with Crippen LogP contribution in [0.2, 0.25) is 0 Å². The molecule has 132 valence electrons. The maximum atomic E-state index is 12.7.